The third-order valence-electron chi connectivity index (χ3n) is 3.14. The van der Waals surface area contributed by atoms with Crippen molar-refractivity contribution in [1.29, 1.82) is 0 Å². The highest BCUT2D eigenvalue weighted by molar-refractivity contribution is 8.00. The summed E-state index contributed by atoms with van der Waals surface area (Å²) < 4.78 is 0. The number of benzene rings is 1. The minimum Gasteiger partial charge on any atom is -0.330 e. The van der Waals surface area contributed by atoms with Crippen LogP contribution < -0.4 is 10.6 Å². The Morgan fingerprint density at radius 2 is 2.05 bits per heavy atom. The summed E-state index contributed by atoms with van der Waals surface area (Å²) in [5.74, 6) is 0.464. The molecule has 0 aromatic heterocycles. The summed E-state index contributed by atoms with van der Waals surface area (Å²) in [5, 5.41) is -0.281. The van der Waals surface area contributed by atoms with Gasteiger partial charge in [0, 0.05) is 18.7 Å². The lowest BCUT2D eigenvalue weighted by Crippen LogP contribution is -2.32. The number of carbonyl (C=O) groups is 2. The highest BCUT2D eigenvalue weighted by Crippen LogP contribution is 2.31. The van der Waals surface area contributed by atoms with Gasteiger partial charge in [-0.25, -0.2) is 4.90 Å². The van der Waals surface area contributed by atoms with Crippen LogP contribution in [0.1, 0.15) is 17.5 Å². The molecule has 1 aromatic rings. The number of halogens is 1. The summed E-state index contributed by atoms with van der Waals surface area (Å²) >= 11 is 1.47. The molecule has 0 aliphatic carbocycles. The molecule has 1 aromatic carbocycles. The van der Waals surface area contributed by atoms with Crippen molar-refractivity contribution < 1.29 is 9.59 Å². The summed E-state index contributed by atoms with van der Waals surface area (Å²) in [6.45, 7) is 4.43. The molecule has 0 saturated carbocycles. The fourth-order valence-electron chi connectivity index (χ4n) is 2.25. The molecule has 4 nitrogen and oxygen atoms in total. The highest BCUT2D eigenvalue weighted by Gasteiger charge is 2.40. The molecule has 1 heterocycles. The number of amides is 2. The van der Waals surface area contributed by atoms with Crippen LogP contribution in [0.2, 0.25) is 0 Å². The van der Waals surface area contributed by atoms with E-state index in [0.29, 0.717) is 18.0 Å². The van der Waals surface area contributed by atoms with E-state index in [4.69, 9.17) is 5.73 Å². The molecule has 1 saturated heterocycles. The molecule has 1 aliphatic heterocycles. The fourth-order valence-corrected chi connectivity index (χ4v) is 3.18. The molecule has 6 heteroatoms. The standard InChI is InChI=1S/C14H18N2O2S.ClH/c1-9-3-4-11(10(2)7-9)16-13(17)8-12(14(16)18)19-6-5-15;/h3-4,7,12H,5-6,8,15H2,1-2H3;1H. The van der Waals surface area contributed by atoms with Crippen LogP contribution in [0.25, 0.3) is 0 Å². The molecule has 0 spiro atoms. The number of hydrogen-bond donors (Lipinski definition) is 1. The van der Waals surface area contributed by atoms with Gasteiger partial charge in [-0.05, 0) is 25.5 Å². The van der Waals surface area contributed by atoms with E-state index in [1.54, 1.807) is 0 Å². The van der Waals surface area contributed by atoms with E-state index in [-0.39, 0.29) is 35.9 Å². The van der Waals surface area contributed by atoms with E-state index in [9.17, 15) is 9.59 Å². The first-order valence-corrected chi connectivity index (χ1v) is 7.35. The first-order valence-electron chi connectivity index (χ1n) is 6.30. The Morgan fingerprint density at radius 3 is 2.65 bits per heavy atom. The lowest BCUT2D eigenvalue weighted by Gasteiger charge is -2.17. The van der Waals surface area contributed by atoms with Gasteiger partial charge in [0.15, 0.2) is 0 Å². The van der Waals surface area contributed by atoms with Gasteiger partial charge in [-0.2, -0.15) is 0 Å². The van der Waals surface area contributed by atoms with E-state index >= 15 is 0 Å². The van der Waals surface area contributed by atoms with Gasteiger partial charge in [0.05, 0.1) is 10.9 Å². The van der Waals surface area contributed by atoms with Crippen molar-refractivity contribution in [2.24, 2.45) is 5.73 Å². The number of anilines is 1. The minimum atomic E-state index is -0.281. The maximum Gasteiger partial charge on any atom is 0.247 e. The maximum absolute atomic E-state index is 12.3. The van der Waals surface area contributed by atoms with Gasteiger partial charge >= 0.3 is 0 Å². The molecular formula is C14H19ClN2O2S. The third-order valence-corrected chi connectivity index (χ3v) is 4.38. The highest BCUT2D eigenvalue weighted by atomic mass is 35.5. The van der Waals surface area contributed by atoms with Gasteiger partial charge in [0.2, 0.25) is 11.8 Å². The molecule has 0 bridgehead atoms. The fraction of sp³-hybridized carbons (Fsp3) is 0.429. The molecule has 2 amide bonds. The van der Waals surface area contributed by atoms with Crippen LogP contribution in [0.4, 0.5) is 5.69 Å². The van der Waals surface area contributed by atoms with Crippen molar-refractivity contribution in [2.75, 3.05) is 17.2 Å². The predicted octanol–water partition coefficient (Wildman–Crippen LogP) is 2.05. The number of nitrogens with zero attached hydrogens (tertiary/aromatic N) is 1. The Morgan fingerprint density at radius 1 is 1.35 bits per heavy atom. The van der Waals surface area contributed by atoms with E-state index in [0.717, 1.165) is 11.1 Å². The lowest BCUT2D eigenvalue weighted by molar-refractivity contribution is -0.121. The molecule has 0 radical (unpaired) electrons. The average Bonchev–Trinajstić information content (AvgIpc) is 2.63. The summed E-state index contributed by atoms with van der Waals surface area (Å²) in [4.78, 5) is 25.7. The maximum atomic E-state index is 12.3. The number of rotatable bonds is 4. The third kappa shape index (κ3) is 3.34. The minimum absolute atomic E-state index is 0. The van der Waals surface area contributed by atoms with Crippen LogP contribution in [0.15, 0.2) is 18.2 Å². The topological polar surface area (TPSA) is 63.4 Å². The van der Waals surface area contributed by atoms with Crippen molar-refractivity contribution in [3.8, 4) is 0 Å². The van der Waals surface area contributed by atoms with Crippen molar-refractivity contribution in [3.05, 3.63) is 29.3 Å². The zero-order valence-corrected chi connectivity index (χ0v) is 13.2. The summed E-state index contributed by atoms with van der Waals surface area (Å²) in [6, 6.07) is 5.75. The molecular weight excluding hydrogens is 296 g/mol. The average molecular weight is 315 g/mol. The van der Waals surface area contributed by atoms with E-state index in [2.05, 4.69) is 0 Å². The monoisotopic (exact) mass is 314 g/mol. The van der Waals surface area contributed by atoms with Crippen molar-refractivity contribution >= 4 is 41.7 Å². The molecule has 1 aliphatic rings. The zero-order chi connectivity index (χ0) is 14.0. The van der Waals surface area contributed by atoms with Crippen molar-refractivity contribution in [3.63, 3.8) is 0 Å². The van der Waals surface area contributed by atoms with Gasteiger partial charge in [0.1, 0.15) is 0 Å². The second kappa shape index (κ2) is 7.11. The first-order chi connectivity index (χ1) is 9.04. The number of nitrogens with two attached hydrogens (primary N) is 1. The summed E-state index contributed by atoms with van der Waals surface area (Å²) in [7, 11) is 0. The number of imide groups is 1. The Bertz CT molecular complexity index is 522. The number of aryl methyl sites for hydroxylation is 2. The first kappa shape index (κ1) is 17.0. The molecule has 1 fully saturated rings. The molecule has 20 heavy (non-hydrogen) atoms. The molecule has 2 rings (SSSR count). The van der Waals surface area contributed by atoms with Crippen LogP contribution in [-0.4, -0.2) is 29.4 Å². The second-order valence-electron chi connectivity index (χ2n) is 4.71. The van der Waals surface area contributed by atoms with Gasteiger partial charge in [0.25, 0.3) is 0 Å². The van der Waals surface area contributed by atoms with Crippen LogP contribution in [0.5, 0.6) is 0 Å². The van der Waals surface area contributed by atoms with Crippen LogP contribution >= 0.6 is 24.2 Å². The molecule has 1 atom stereocenters. The smallest absolute Gasteiger partial charge is 0.247 e. The predicted molar refractivity (Wildman–Crippen MR) is 85.6 cm³/mol. The van der Waals surface area contributed by atoms with Crippen molar-refractivity contribution in [2.45, 2.75) is 25.5 Å². The number of carbonyl (C=O) groups excluding carboxylic acids is 2. The van der Waals surface area contributed by atoms with Gasteiger partial charge < -0.3 is 5.73 Å². The number of hydrogen-bond acceptors (Lipinski definition) is 4. The van der Waals surface area contributed by atoms with Crippen LogP contribution in [0, 0.1) is 13.8 Å². The van der Waals surface area contributed by atoms with Crippen LogP contribution in [-0.2, 0) is 9.59 Å². The van der Waals surface area contributed by atoms with Crippen molar-refractivity contribution in [1.82, 2.24) is 0 Å². The summed E-state index contributed by atoms with van der Waals surface area (Å²) in [5.41, 5.74) is 8.22. The lowest BCUT2D eigenvalue weighted by atomic mass is 10.1. The SMILES string of the molecule is Cc1ccc(N2C(=O)CC(SCCN)C2=O)c(C)c1.Cl. The quantitative estimate of drug-likeness (QED) is 0.864. The Hall–Kier alpha value is -1.04. The van der Waals surface area contributed by atoms with E-state index in [1.807, 2.05) is 32.0 Å². The largest absolute Gasteiger partial charge is 0.330 e. The Balaban J connectivity index is 0.00000200. The van der Waals surface area contributed by atoms with E-state index < -0.39 is 0 Å². The van der Waals surface area contributed by atoms with Gasteiger partial charge in [-0.1, -0.05) is 17.7 Å². The second-order valence-corrected chi connectivity index (χ2v) is 6.02. The molecule has 110 valence electrons. The normalized spacial score (nSPS) is 18.4. The zero-order valence-electron chi connectivity index (χ0n) is 11.6. The Labute approximate surface area is 129 Å². The van der Waals surface area contributed by atoms with E-state index in [1.165, 1.54) is 16.7 Å². The molecule has 1 unspecified atom stereocenters. The van der Waals surface area contributed by atoms with Crippen LogP contribution in [0.3, 0.4) is 0 Å². The Kier molecular flexibility index (Phi) is 6.05. The number of thioether (sulfide) groups is 1. The van der Waals surface area contributed by atoms with Gasteiger partial charge in [-0.15, -0.1) is 24.2 Å². The summed E-state index contributed by atoms with van der Waals surface area (Å²) in [6.07, 6.45) is 0.275. The van der Waals surface area contributed by atoms with Gasteiger partial charge in [-0.3, -0.25) is 9.59 Å². The molecule has 2 N–H and O–H groups in total.